The molecule has 0 bridgehead atoms. The molecule has 3 heteroatoms. The molecule has 0 saturated carbocycles. The summed E-state index contributed by atoms with van der Waals surface area (Å²) in [6.07, 6.45) is 7.29. The van der Waals surface area contributed by atoms with Gasteiger partial charge in [-0.1, -0.05) is 26.7 Å². The minimum atomic E-state index is -0.119. The Bertz CT molecular complexity index is 301. The van der Waals surface area contributed by atoms with E-state index in [9.17, 15) is 4.79 Å². The van der Waals surface area contributed by atoms with Crippen LogP contribution in [0.3, 0.4) is 0 Å². The first-order chi connectivity index (χ1) is 9.24. The molecule has 0 radical (unpaired) electrons. The topological polar surface area (TPSA) is 29.5 Å². The van der Waals surface area contributed by atoms with Gasteiger partial charge in [-0.05, 0) is 59.8 Å². The first-order valence-electron chi connectivity index (χ1n) is 8.25. The van der Waals surface area contributed by atoms with Gasteiger partial charge in [0.1, 0.15) is 6.10 Å². The molecule has 1 aliphatic heterocycles. The maximum Gasteiger partial charge on any atom is 0.410 e. The summed E-state index contributed by atoms with van der Waals surface area (Å²) in [6.45, 7) is 12.9. The van der Waals surface area contributed by atoms with Gasteiger partial charge >= 0.3 is 6.09 Å². The van der Waals surface area contributed by atoms with Crippen molar-refractivity contribution in [3.05, 3.63) is 0 Å². The van der Waals surface area contributed by atoms with E-state index in [1.165, 1.54) is 6.42 Å². The highest BCUT2D eigenvalue weighted by atomic mass is 16.6. The Labute approximate surface area is 125 Å². The highest BCUT2D eigenvalue weighted by Gasteiger charge is 2.45. The van der Waals surface area contributed by atoms with E-state index in [4.69, 9.17) is 4.74 Å². The van der Waals surface area contributed by atoms with Gasteiger partial charge in [0.2, 0.25) is 0 Å². The van der Waals surface area contributed by atoms with Crippen molar-refractivity contribution in [3.8, 4) is 0 Å². The predicted octanol–water partition coefficient (Wildman–Crippen LogP) is 5.13. The molecule has 1 fully saturated rings. The third-order valence-electron chi connectivity index (χ3n) is 4.46. The summed E-state index contributed by atoms with van der Waals surface area (Å²) in [7, 11) is 0. The second kappa shape index (κ2) is 6.82. The number of hydrogen-bond acceptors (Lipinski definition) is 2. The molecule has 0 aromatic carbocycles. The highest BCUT2D eigenvalue weighted by Crippen LogP contribution is 2.38. The molecule has 3 nitrogen and oxygen atoms in total. The van der Waals surface area contributed by atoms with Crippen molar-refractivity contribution in [1.29, 1.82) is 0 Å². The van der Waals surface area contributed by atoms with Gasteiger partial charge in [0.05, 0.1) is 0 Å². The van der Waals surface area contributed by atoms with E-state index in [0.29, 0.717) is 0 Å². The minimum absolute atomic E-state index is 0.0750. The average molecular weight is 283 g/mol. The molecule has 0 aromatic heterocycles. The van der Waals surface area contributed by atoms with Crippen LogP contribution in [0.25, 0.3) is 0 Å². The highest BCUT2D eigenvalue weighted by molar-refractivity contribution is 5.70. The molecular formula is C17H33NO2. The lowest BCUT2D eigenvalue weighted by atomic mass is 9.80. The third-order valence-corrected chi connectivity index (χ3v) is 4.46. The van der Waals surface area contributed by atoms with Crippen molar-refractivity contribution in [2.24, 2.45) is 0 Å². The molecule has 1 aliphatic rings. The molecule has 20 heavy (non-hydrogen) atoms. The van der Waals surface area contributed by atoms with Gasteiger partial charge in [0, 0.05) is 11.1 Å². The van der Waals surface area contributed by atoms with Gasteiger partial charge in [-0.15, -0.1) is 0 Å². The smallest absolute Gasteiger partial charge is 0.410 e. The second-order valence-corrected chi connectivity index (χ2v) is 7.40. The number of carbonyl (C=O) groups excluding carboxylic acids is 1. The standard InChI is InChI=1S/C17H33NO2/c1-7-10-14(11-8-2)20-15(19)18-16(3,4)12-9-13-17(18,5)6/h14H,7-13H2,1-6H3. The van der Waals surface area contributed by atoms with Gasteiger partial charge < -0.3 is 4.74 Å². The summed E-state index contributed by atoms with van der Waals surface area (Å²) in [5.74, 6) is 0. The van der Waals surface area contributed by atoms with Crippen LogP contribution in [0.1, 0.15) is 86.5 Å². The number of ether oxygens (including phenoxy) is 1. The van der Waals surface area contributed by atoms with E-state index in [1.54, 1.807) is 0 Å². The van der Waals surface area contributed by atoms with Crippen molar-refractivity contribution < 1.29 is 9.53 Å². The Kier molecular flexibility index (Phi) is 5.91. The predicted molar refractivity (Wildman–Crippen MR) is 83.9 cm³/mol. The van der Waals surface area contributed by atoms with Crippen LogP contribution in [0.4, 0.5) is 4.79 Å². The van der Waals surface area contributed by atoms with Crippen molar-refractivity contribution in [2.75, 3.05) is 0 Å². The number of carbonyl (C=O) groups is 1. The summed E-state index contributed by atoms with van der Waals surface area (Å²) < 4.78 is 5.83. The first-order valence-corrected chi connectivity index (χ1v) is 8.25. The Hall–Kier alpha value is -0.730. The van der Waals surface area contributed by atoms with Gasteiger partial charge in [-0.25, -0.2) is 4.79 Å². The maximum atomic E-state index is 12.7. The Balaban J connectivity index is 2.81. The van der Waals surface area contributed by atoms with E-state index in [1.807, 2.05) is 4.90 Å². The van der Waals surface area contributed by atoms with Crippen molar-refractivity contribution in [2.45, 2.75) is 104 Å². The fourth-order valence-electron chi connectivity index (χ4n) is 3.59. The molecule has 0 spiro atoms. The van der Waals surface area contributed by atoms with Crippen LogP contribution in [0.15, 0.2) is 0 Å². The Morgan fingerprint density at radius 2 is 1.50 bits per heavy atom. The quantitative estimate of drug-likeness (QED) is 0.699. The van der Waals surface area contributed by atoms with E-state index in [-0.39, 0.29) is 23.3 Å². The van der Waals surface area contributed by atoms with Crippen LogP contribution in [0, 0.1) is 0 Å². The molecule has 1 saturated heterocycles. The van der Waals surface area contributed by atoms with Crippen LogP contribution in [0.5, 0.6) is 0 Å². The second-order valence-electron chi connectivity index (χ2n) is 7.40. The van der Waals surface area contributed by atoms with E-state index < -0.39 is 0 Å². The first kappa shape index (κ1) is 17.3. The lowest BCUT2D eigenvalue weighted by Gasteiger charge is -2.52. The largest absolute Gasteiger partial charge is 0.446 e. The summed E-state index contributed by atoms with van der Waals surface area (Å²) in [6, 6.07) is 0. The molecule has 1 amide bonds. The lowest BCUT2D eigenvalue weighted by Crippen LogP contribution is -2.61. The van der Waals surface area contributed by atoms with Crippen LogP contribution in [-0.2, 0) is 4.74 Å². The summed E-state index contributed by atoms with van der Waals surface area (Å²) in [4.78, 5) is 14.7. The van der Waals surface area contributed by atoms with E-state index in [0.717, 1.165) is 38.5 Å². The van der Waals surface area contributed by atoms with E-state index >= 15 is 0 Å². The molecule has 1 rings (SSSR count). The number of amides is 1. The number of piperidine rings is 1. The molecule has 0 N–H and O–H groups in total. The lowest BCUT2D eigenvalue weighted by molar-refractivity contribution is -0.0385. The minimum Gasteiger partial charge on any atom is -0.446 e. The molecule has 118 valence electrons. The van der Waals surface area contributed by atoms with Crippen molar-refractivity contribution >= 4 is 6.09 Å². The zero-order chi connectivity index (χ0) is 15.4. The SMILES string of the molecule is CCCC(CCC)OC(=O)N1C(C)(C)CCCC1(C)C. The van der Waals surface area contributed by atoms with Crippen LogP contribution < -0.4 is 0 Å². The molecule has 1 heterocycles. The maximum absolute atomic E-state index is 12.7. The van der Waals surface area contributed by atoms with Crippen LogP contribution in [-0.4, -0.2) is 28.2 Å². The summed E-state index contributed by atoms with van der Waals surface area (Å²) in [5, 5.41) is 0. The Morgan fingerprint density at radius 1 is 1.05 bits per heavy atom. The molecule has 0 aliphatic carbocycles. The van der Waals surface area contributed by atoms with Crippen molar-refractivity contribution in [1.82, 2.24) is 4.90 Å². The third kappa shape index (κ3) is 4.13. The number of rotatable bonds is 5. The average Bonchev–Trinajstić information content (AvgIpc) is 2.26. The summed E-state index contributed by atoms with van der Waals surface area (Å²) >= 11 is 0. The molecule has 0 aromatic rings. The molecule has 0 atom stereocenters. The summed E-state index contributed by atoms with van der Waals surface area (Å²) in [5.41, 5.74) is -0.219. The monoisotopic (exact) mass is 283 g/mol. The Morgan fingerprint density at radius 3 is 1.90 bits per heavy atom. The number of nitrogens with zero attached hydrogens (tertiary/aromatic N) is 1. The fourth-order valence-corrected chi connectivity index (χ4v) is 3.59. The van der Waals surface area contributed by atoms with Crippen LogP contribution in [0.2, 0.25) is 0 Å². The van der Waals surface area contributed by atoms with Gasteiger partial charge in [0.15, 0.2) is 0 Å². The molecule has 0 unspecified atom stereocenters. The molecular weight excluding hydrogens is 250 g/mol. The van der Waals surface area contributed by atoms with Gasteiger partial charge in [-0.3, -0.25) is 4.90 Å². The zero-order valence-electron chi connectivity index (χ0n) is 14.3. The van der Waals surface area contributed by atoms with Gasteiger partial charge in [-0.2, -0.15) is 0 Å². The fraction of sp³-hybridized carbons (Fsp3) is 0.941. The normalized spacial score (nSPS) is 21.1. The zero-order valence-corrected chi connectivity index (χ0v) is 14.3. The van der Waals surface area contributed by atoms with Gasteiger partial charge in [0.25, 0.3) is 0 Å². The number of hydrogen-bond donors (Lipinski definition) is 0. The number of likely N-dealkylation sites (tertiary alicyclic amines) is 1. The van der Waals surface area contributed by atoms with Crippen LogP contribution >= 0.6 is 0 Å². The van der Waals surface area contributed by atoms with E-state index in [2.05, 4.69) is 41.5 Å². The van der Waals surface area contributed by atoms with Crippen molar-refractivity contribution in [3.63, 3.8) is 0 Å².